The van der Waals surface area contributed by atoms with Crippen LogP contribution in [0.5, 0.6) is 0 Å². The van der Waals surface area contributed by atoms with E-state index in [1.807, 2.05) is 18.2 Å². The third-order valence-electron chi connectivity index (χ3n) is 5.15. The fourth-order valence-corrected chi connectivity index (χ4v) is 9.45. The summed E-state index contributed by atoms with van der Waals surface area (Å²) < 4.78 is 5.43. The number of esters is 1. The number of cyclic esters (lactones) is 1. The monoisotopic (exact) mass is 348 g/mol. The van der Waals surface area contributed by atoms with Crippen molar-refractivity contribution < 1.29 is 9.53 Å². The number of hydrogen-bond donors (Lipinski definition) is 0. The van der Waals surface area contributed by atoms with Gasteiger partial charge in [-0.05, 0) is 0 Å². The summed E-state index contributed by atoms with van der Waals surface area (Å²) in [6.45, 7) is 0.519. The first kappa shape index (κ1) is 16.1. The predicted octanol–water partition coefficient (Wildman–Crippen LogP) is 3.03. The van der Waals surface area contributed by atoms with Crippen molar-refractivity contribution in [3.63, 3.8) is 0 Å². The Morgan fingerprint density at radius 2 is 1.08 bits per heavy atom. The van der Waals surface area contributed by atoms with Crippen molar-refractivity contribution >= 4 is 29.1 Å². The third kappa shape index (κ3) is 2.67. The first-order valence-corrected chi connectivity index (χ1v) is 10.7. The van der Waals surface area contributed by atoms with Gasteiger partial charge in [0.05, 0.1) is 0 Å². The van der Waals surface area contributed by atoms with Gasteiger partial charge in [-0.2, -0.15) is 0 Å². The maximum absolute atomic E-state index is 12.8. The van der Waals surface area contributed by atoms with Gasteiger partial charge in [0.15, 0.2) is 0 Å². The van der Waals surface area contributed by atoms with Crippen LogP contribution >= 0.6 is 7.26 Å². The molecule has 0 saturated carbocycles. The molecule has 3 aromatic rings. The van der Waals surface area contributed by atoms with E-state index in [1.54, 1.807) is 0 Å². The zero-order valence-electron chi connectivity index (χ0n) is 14.0. The second-order valence-electron chi connectivity index (χ2n) is 6.41. The summed E-state index contributed by atoms with van der Waals surface area (Å²) in [5.41, 5.74) is -0.0975. The molecular formula is C22H21O2P. The molecule has 0 aromatic heterocycles. The Labute approximate surface area is 148 Å². The van der Waals surface area contributed by atoms with Gasteiger partial charge >= 0.3 is 148 Å². The molecule has 1 aliphatic rings. The average Bonchev–Trinajstić information content (AvgIpc) is 3.12. The van der Waals surface area contributed by atoms with Crippen LogP contribution in [0.3, 0.4) is 0 Å². The van der Waals surface area contributed by atoms with E-state index >= 15 is 0 Å². The van der Waals surface area contributed by atoms with Gasteiger partial charge in [-0.15, -0.1) is 0 Å². The maximum atomic E-state index is 12.8. The molecule has 0 N–H and O–H groups in total. The Balaban J connectivity index is 2.06. The molecule has 126 valence electrons. The van der Waals surface area contributed by atoms with Crippen molar-refractivity contribution in [1.29, 1.82) is 0 Å². The first-order valence-electron chi connectivity index (χ1n) is 8.66. The van der Waals surface area contributed by atoms with Crippen LogP contribution in [0.2, 0.25) is 0 Å². The van der Waals surface area contributed by atoms with Gasteiger partial charge in [0.2, 0.25) is 0 Å². The molecule has 0 radical (unpaired) electrons. The van der Waals surface area contributed by atoms with Gasteiger partial charge in [-0.25, -0.2) is 0 Å². The molecule has 3 heteroatoms. The first-order chi connectivity index (χ1) is 12.3. The summed E-state index contributed by atoms with van der Waals surface area (Å²) in [5, 5.41) is 3.78. The standard InChI is InChI=1S/C22H21O2P/c23-22-21(16-17-24-22)25(18-10-4-1-5-11-18,19-12-6-2-7-13-19)20-14-8-3-9-15-20/h1-15,21,25H,16-17H2. The van der Waals surface area contributed by atoms with Gasteiger partial charge in [0, 0.05) is 0 Å². The van der Waals surface area contributed by atoms with E-state index in [0.29, 0.717) is 6.61 Å². The number of hydrogen-bond acceptors (Lipinski definition) is 2. The van der Waals surface area contributed by atoms with Crippen LogP contribution in [0, 0.1) is 0 Å². The van der Waals surface area contributed by atoms with E-state index < -0.39 is 7.26 Å². The van der Waals surface area contributed by atoms with Crippen molar-refractivity contribution in [2.45, 2.75) is 12.1 Å². The number of carbonyl (C=O) groups is 1. The summed E-state index contributed by atoms with van der Waals surface area (Å²) in [6, 6.07) is 31.6. The van der Waals surface area contributed by atoms with E-state index in [9.17, 15) is 4.79 Å². The van der Waals surface area contributed by atoms with Crippen molar-refractivity contribution in [3.05, 3.63) is 91.0 Å². The van der Waals surface area contributed by atoms with E-state index in [0.717, 1.165) is 6.42 Å². The van der Waals surface area contributed by atoms with Crippen LogP contribution in [-0.2, 0) is 9.53 Å². The van der Waals surface area contributed by atoms with Gasteiger partial charge in [0.25, 0.3) is 0 Å². The van der Waals surface area contributed by atoms with Crippen molar-refractivity contribution in [2.24, 2.45) is 0 Å². The summed E-state index contributed by atoms with van der Waals surface area (Å²) in [4.78, 5) is 12.8. The van der Waals surface area contributed by atoms with E-state index in [1.165, 1.54) is 15.9 Å². The molecule has 1 heterocycles. The molecule has 4 rings (SSSR count). The van der Waals surface area contributed by atoms with Crippen LogP contribution in [0.4, 0.5) is 0 Å². The summed E-state index contributed by atoms with van der Waals surface area (Å²) in [5.74, 6) is -0.0526. The number of carbonyl (C=O) groups excluding carboxylic acids is 1. The Hall–Kier alpha value is -2.44. The number of ether oxygens (including phenoxy) is 1. The molecule has 1 unspecified atom stereocenters. The van der Waals surface area contributed by atoms with Gasteiger partial charge in [0.1, 0.15) is 0 Å². The molecular weight excluding hydrogens is 327 g/mol. The molecule has 1 aliphatic heterocycles. The van der Waals surface area contributed by atoms with Crippen LogP contribution in [0.25, 0.3) is 0 Å². The molecule has 1 saturated heterocycles. The quantitative estimate of drug-likeness (QED) is 0.535. The Morgan fingerprint density at radius 1 is 0.680 bits per heavy atom. The second-order valence-corrected chi connectivity index (χ2v) is 10.5. The molecule has 0 spiro atoms. The van der Waals surface area contributed by atoms with Crippen molar-refractivity contribution in [3.8, 4) is 0 Å². The molecule has 3 aromatic carbocycles. The van der Waals surface area contributed by atoms with Crippen molar-refractivity contribution in [1.82, 2.24) is 0 Å². The topological polar surface area (TPSA) is 26.3 Å². The molecule has 25 heavy (non-hydrogen) atoms. The summed E-state index contributed by atoms with van der Waals surface area (Å²) >= 11 is 0. The van der Waals surface area contributed by atoms with E-state index in [2.05, 4.69) is 72.8 Å². The van der Waals surface area contributed by atoms with Crippen LogP contribution in [0.15, 0.2) is 91.0 Å². The Bertz CT molecular complexity index is 750. The van der Waals surface area contributed by atoms with Gasteiger partial charge < -0.3 is 0 Å². The molecule has 0 aliphatic carbocycles. The van der Waals surface area contributed by atoms with Gasteiger partial charge in [-0.3, -0.25) is 0 Å². The fraction of sp³-hybridized carbons (Fsp3) is 0.136. The van der Waals surface area contributed by atoms with Crippen LogP contribution < -0.4 is 15.9 Å². The second kappa shape index (κ2) is 6.82. The van der Waals surface area contributed by atoms with Crippen LogP contribution in [0.1, 0.15) is 6.42 Å². The Morgan fingerprint density at radius 3 is 1.40 bits per heavy atom. The minimum atomic E-state index is -2.53. The van der Waals surface area contributed by atoms with Gasteiger partial charge in [-0.1, -0.05) is 0 Å². The van der Waals surface area contributed by atoms with Crippen molar-refractivity contribution in [2.75, 3.05) is 6.61 Å². The number of benzene rings is 3. The summed E-state index contributed by atoms with van der Waals surface area (Å²) in [6.07, 6.45) is 0.781. The zero-order chi connectivity index (χ0) is 17.1. The molecule has 0 amide bonds. The van der Waals surface area contributed by atoms with Crippen LogP contribution in [-0.4, -0.2) is 18.2 Å². The van der Waals surface area contributed by atoms with E-state index in [4.69, 9.17) is 4.74 Å². The number of rotatable bonds is 4. The summed E-state index contributed by atoms with van der Waals surface area (Å²) in [7, 11) is -2.53. The van der Waals surface area contributed by atoms with E-state index in [-0.39, 0.29) is 11.6 Å². The molecule has 2 nitrogen and oxygen atoms in total. The fourth-order valence-electron chi connectivity index (χ4n) is 4.10. The normalized spacial score (nSPS) is 17.9. The molecule has 1 fully saturated rings. The molecule has 0 bridgehead atoms. The SMILES string of the molecule is O=C1OCCC1[PH](c1ccccc1)(c1ccccc1)c1ccccc1. The third-order valence-corrected chi connectivity index (χ3v) is 10.4. The Kier molecular flexibility index (Phi) is 4.38. The zero-order valence-corrected chi connectivity index (χ0v) is 15.0. The minimum absolute atomic E-state index is 0.0526. The predicted molar refractivity (Wildman–Crippen MR) is 106 cm³/mol. The average molecular weight is 348 g/mol. The molecule has 1 atom stereocenters.